The largest absolute Gasteiger partial charge is 0.465 e. The Labute approximate surface area is 115 Å². The Hall–Kier alpha value is -0.640. The molecule has 0 aliphatic heterocycles. The van der Waals surface area contributed by atoms with Gasteiger partial charge in [-0.15, -0.1) is 0 Å². The molecule has 0 saturated carbocycles. The molecule has 120 valence electrons. The summed E-state index contributed by atoms with van der Waals surface area (Å²) in [5.74, 6) is -0.892. The van der Waals surface area contributed by atoms with E-state index in [4.69, 9.17) is 5.11 Å². The molecule has 0 aliphatic rings. The molecule has 0 unspecified atom stereocenters. The van der Waals surface area contributed by atoms with Crippen molar-refractivity contribution >= 4 is 17.7 Å². The first-order valence-corrected chi connectivity index (χ1v) is 6.70. The second-order valence-electron chi connectivity index (χ2n) is 3.82. The van der Waals surface area contributed by atoms with Crippen molar-refractivity contribution in [1.29, 1.82) is 0 Å². The van der Waals surface area contributed by atoms with Crippen LogP contribution < -0.4 is 0 Å². The molecule has 0 spiro atoms. The van der Waals surface area contributed by atoms with Gasteiger partial charge in [0.1, 0.15) is 0 Å². The summed E-state index contributed by atoms with van der Waals surface area (Å²) >= 11 is 0.843. The second kappa shape index (κ2) is 7.39. The van der Waals surface area contributed by atoms with Crippen molar-refractivity contribution in [3.63, 3.8) is 0 Å². The summed E-state index contributed by atoms with van der Waals surface area (Å²) in [5, 5.41) is 8.83. The zero-order valence-corrected chi connectivity index (χ0v) is 11.3. The zero-order chi connectivity index (χ0) is 16.0. The fourth-order valence-corrected chi connectivity index (χ4v) is 1.98. The van der Waals surface area contributed by atoms with Gasteiger partial charge in [0.25, 0.3) is 5.60 Å². The van der Waals surface area contributed by atoms with E-state index in [0.717, 1.165) is 11.8 Å². The van der Waals surface area contributed by atoms with E-state index in [9.17, 15) is 31.1 Å². The number of alkyl halides is 6. The van der Waals surface area contributed by atoms with Crippen LogP contribution in [0.1, 0.15) is 19.8 Å². The van der Waals surface area contributed by atoms with E-state index in [1.54, 1.807) is 6.92 Å². The number of aliphatic hydroxyl groups is 1. The highest BCUT2D eigenvalue weighted by atomic mass is 32.2. The molecule has 0 amide bonds. The van der Waals surface area contributed by atoms with Crippen molar-refractivity contribution in [3.8, 4) is 0 Å². The maximum absolute atomic E-state index is 12.3. The predicted molar refractivity (Wildman–Crippen MR) is 60.3 cm³/mol. The van der Waals surface area contributed by atoms with Crippen LogP contribution in [0, 0.1) is 0 Å². The molecule has 0 aromatic heterocycles. The summed E-state index contributed by atoms with van der Waals surface area (Å²) in [7, 11) is 0. The van der Waals surface area contributed by atoms with Gasteiger partial charge >= 0.3 is 18.3 Å². The van der Waals surface area contributed by atoms with E-state index in [-0.39, 0.29) is 18.1 Å². The second-order valence-corrected chi connectivity index (χ2v) is 4.92. The molecule has 3 nitrogen and oxygen atoms in total. The van der Waals surface area contributed by atoms with Crippen molar-refractivity contribution < 1.29 is 41.0 Å². The monoisotopic (exact) mass is 328 g/mol. The number of thioether (sulfide) groups is 1. The van der Waals surface area contributed by atoms with Gasteiger partial charge in [-0.1, -0.05) is 0 Å². The lowest BCUT2D eigenvalue weighted by atomic mass is 9.97. The van der Waals surface area contributed by atoms with Gasteiger partial charge < -0.3 is 9.84 Å². The van der Waals surface area contributed by atoms with Gasteiger partial charge in [0.2, 0.25) is 0 Å². The highest BCUT2D eigenvalue weighted by Crippen LogP contribution is 2.45. The molecule has 0 radical (unpaired) electrons. The zero-order valence-electron chi connectivity index (χ0n) is 10.5. The quantitative estimate of drug-likeness (QED) is 0.443. The van der Waals surface area contributed by atoms with Gasteiger partial charge in [0.05, 0.1) is 12.4 Å². The Kier molecular flexibility index (Phi) is 7.16. The highest BCUT2D eigenvalue weighted by molar-refractivity contribution is 7.99. The molecular formula is C10H14F6O3S. The smallest absolute Gasteiger partial charge is 0.426 e. The van der Waals surface area contributed by atoms with Crippen molar-refractivity contribution in [1.82, 2.24) is 0 Å². The average molecular weight is 328 g/mol. The van der Waals surface area contributed by atoms with Gasteiger partial charge in [-0.25, -0.2) is 0 Å². The average Bonchev–Trinajstić information content (AvgIpc) is 2.25. The fourth-order valence-electron chi connectivity index (χ4n) is 1.23. The summed E-state index contributed by atoms with van der Waals surface area (Å²) in [4.78, 5) is 10.9. The normalized spacial score (nSPS) is 13.4. The lowest BCUT2D eigenvalue weighted by molar-refractivity contribution is -0.369. The van der Waals surface area contributed by atoms with Crippen molar-refractivity contribution in [2.75, 3.05) is 18.1 Å². The summed E-state index contributed by atoms with van der Waals surface area (Å²) in [6.07, 6.45) is -13.6. The Balaban J connectivity index is 4.29. The minimum Gasteiger partial charge on any atom is -0.465 e. The number of rotatable bonds is 7. The topological polar surface area (TPSA) is 46.5 Å². The van der Waals surface area contributed by atoms with Gasteiger partial charge in [-0.2, -0.15) is 38.1 Å². The summed E-state index contributed by atoms with van der Waals surface area (Å²) in [5.41, 5.74) is -4.72. The van der Waals surface area contributed by atoms with Crippen molar-refractivity contribution in [3.05, 3.63) is 0 Å². The van der Waals surface area contributed by atoms with Gasteiger partial charge in [0.15, 0.2) is 0 Å². The van der Waals surface area contributed by atoms with Crippen LogP contribution in [-0.4, -0.2) is 47.1 Å². The third-order valence-corrected chi connectivity index (χ3v) is 3.31. The molecule has 0 heterocycles. The molecule has 0 atom stereocenters. The van der Waals surface area contributed by atoms with Crippen LogP contribution in [0.4, 0.5) is 26.3 Å². The Morgan fingerprint density at radius 3 is 2.05 bits per heavy atom. The molecule has 0 rings (SSSR count). The van der Waals surface area contributed by atoms with Gasteiger partial charge in [-0.05, 0) is 25.5 Å². The van der Waals surface area contributed by atoms with Crippen LogP contribution in [0.2, 0.25) is 0 Å². The lowest BCUT2D eigenvalue weighted by Gasteiger charge is -2.32. The standard InChI is InChI=1S/C10H14F6O3S/c1-2-19-7(17)6-20-5-3-4-8(18,9(11,12)13)10(14,15)16/h18H,2-6H2,1H3. The summed E-state index contributed by atoms with van der Waals surface area (Å²) in [6, 6.07) is 0. The number of carbonyl (C=O) groups is 1. The van der Waals surface area contributed by atoms with Crippen LogP contribution in [0.25, 0.3) is 0 Å². The maximum Gasteiger partial charge on any atom is 0.426 e. The molecule has 0 saturated heterocycles. The number of hydrogen-bond donors (Lipinski definition) is 1. The molecule has 0 aromatic rings. The number of ether oxygens (including phenoxy) is 1. The van der Waals surface area contributed by atoms with Crippen molar-refractivity contribution in [2.45, 2.75) is 37.7 Å². The van der Waals surface area contributed by atoms with E-state index < -0.39 is 36.8 Å². The molecule has 0 bridgehead atoms. The van der Waals surface area contributed by atoms with Crippen LogP contribution in [0.15, 0.2) is 0 Å². The van der Waals surface area contributed by atoms with Crippen LogP contribution in [-0.2, 0) is 9.53 Å². The fraction of sp³-hybridized carbons (Fsp3) is 0.900. The van der Waals surface area contributed by atoms with E-state index in [1.165, 1.54) is 0 Å². The molecule has 0 fully saturated rings. The first-order valence-electron chi connectivity index (χ1n) is 5.55. The number of halogens is 6. The van der Waals surface area contributed by atoms with Gasteiger partial charge in [-0.3, -0.25) is 4.79 Å². The summed E-state index contributed by atoms with van der Waals surface area (Å²) in [6.45, 7) is 1.70. The third-order valence-electron chi connectivity index (χ3n) is 2.29. The Bertz CT molecular complexity index is 301. The first kappa shape index (κ1) is 19.4. The number of carbonyl (C=O) groups excluding carboxylic acids is 1. The van der Waals surface area contributed by atoms with E-state index in [1.807, 2.05) is 0 Å². The molecule has 20 heavy (non-hydrogen) atoms. The molecule has 0 aliphatic carbocycles. The number of esters is 1. The predicted octanol–water partition coefficient (Wildman–Crippen LogP) is 2.92. The van der Waals surface area contributed by atoms with Crippen LogP contribution >= 0.6 is 11.8 Å². The summed E-state index contributed by atoms with van der Waals surface area (Å²) < 4.78 is 78.3. The first-order chi connectivity index (χ1) is 8.95. The maximum atomic E-state index is 12.3. The highest BCUT2D eigenvalue weighted by Gasteiger charge is 2.69. The van der Waals surface area contributed by atoms with Crippen LogP contribution in [0.5, 0.6) is 0 Å². The molecule has 10 heteroatoms. The van der Waals surface area contributed by atoms with Crippen molar-refractivity contribution in [2.24, 2.45) is 0 Å². The van der Waals surface area contributed by atoms with Gasteiger partial charge in [0, 0.05) is 0 Å². The number of hydrogen-bond acceptors (Lipinski definition) is 4. The molecular weight excluding hydrogens is 314 g/mol. The van der Waals surface area contributed by atoms with Crippen LogP contribution in [0.3, 0.4) is 0 Å². The SMILES string of the molecule is CCOC(=O)CSCCCC(O)(C(F)(F)F)C(F)(F)F. The molecule has 1 N–H and O–H groups in total. The minimum absolute atomic E-state index is 0.132. The minimum atomic E-state index is -5.79. The van der Waals surface area contributed by atoms with E-state index in [0.29, 0.717) is 0 Å². The van der Waals surface area contributed by atoms with E-state index in [2.05, 4.69) is 4.74 Å². The lowest BCUT2D eigenvalue weighted by Crippen LogP contribution is -2.56. The third kappa shape index (κ3) is 5.39. The Morgan fingerprint density at radius 2 is 1.65 bits per heavy atom. The molecule has 0 aromatic carbocycles. The Morgan fingerprint density at radius 1 is 1.15 bits per heavy atom. The van der Waals surface area contributed by atoms with E-state index >= 15 is 0 Å².